The van der Waals surface area contributed by atoms with Crippen molar-refractivity contribution in [3.05, 3.63) is 102 Å². The van der Waals surface area contributed by atoms with Gasteiger partial charge in [-0.3, -0.25) is 0 Å². The molecule has 1 unspecified atom stereocenters. The minimum atomic E-state index is 0.660. The van der Waals surface area contributed by atoms with Gasteiger partial charge in [0.1, 0.15) is 0 Å². The van der Waals surface area contributed by atoms with E-state index >= 15 is 0 Å². The van der Waals surface area contributed by atoms with Crippen LogP contribution in [0, 0.1) is 5.92 Å². The summed E-state index contributed by atoms with van der Waals surface area (Å²) in [6.07, 6.45) is 16.4. The van der Waals surface area contributed by atoms with Crippen molar-refractivity contribution in [1.82, 2.24) is 0 Å². The maximum Gasteiger partial charge on any atom is 0.0463 e. The normalized spacial score (nSPS) is 17.8. The standard InChI is InChI=1S/C26H26N2/c1-3-19-10-7-13-25(23(19)4-2)27-21-15-17-22(18-16-21)28-26-14-8-11-20-9-5-6-12-24(20)26/h3-4,6-8,10,12-18,20,27-28H,1-2,5,9,11H2. The van der Waals surface area contributed by atoms with Gasteiger partial charge in [-0.2, -0.15) is 0 Å². The minimum Gasteiger partial charge on any atom is -0.355 e. The molecular weight excluding hydrogens is 340 g/mol. The Hall–Kier alpha value is -3.26. The van der Waals surface area contributed by atoms with E-state index in [0.29, 0.717) is 5.92 Å². The lowest BCUT2D eigenvalue weighted by molar-refractivity contribution is 0.561. The number of benzene rings is 2. The van der Waals surface area contributed by atoms with Crippen LogP contribution in [0.3, 0.4) is 0 Å². The summed E-state index contributed by atoms with van der Waals surface area (Å²) < 4.78 is 0. The number of rotatable bonds is 6. The summed E-state index contributed by atoms with van der Waals surface area (Å²) >= 11 is 0. The van der Waals surface area contributed by atoms with Crippen molar-refractivity contribution >= 4 is 29.2 Å². The van der Waals surface area contributed by atoms with Gasteiger partial charge in [0.2, 0.25) is 0 Å². The predicted octanol–water partition coefficient (Wildman–Crippen LogP) is 7.31. The van der Waals surface area contributed by atoms with Crippen LogP contribution in [0.2, 0.25) is 0 Å². The van der Waals surface area contributed by atoms with Crippen LogP contribution in [0.25, 0.3) is 12.2 Å². The Morgan fingerprint density at radius 2 is 1.64 bits per heavy atom. The molecule has 0 heterocycles. The van der Waals surface area contributed by atoms with Gasteiger partial charge in [0.05, 0.1) is 0 Å². The van der Waals surface area contributed by atoms with Crippen LogP contribution < -0.4 is 10.6 Å². The maximum atomic E-state index is 3.94. The molecule has 0 spiro atoms. The van der Waals surface area contributed by atoms with E-state index in [1.807, 2.05) is 24.3 Å². The number of nitrogens with one attached hydrogen (secondary N) is 2. The number of allylic oxidation sites excluding steroid dienone is 5. The Balaban J connectivity index is 1.52. The number of hydrogen-bond acceptors (Lipinski definition) is 2. The maximum absolute atomic E-state index is 3.94. The van der Waals surface area contributed by atoms with Crippen molar-refractivity contribution < 1.29 is 0 Å². The first-order valence-corrected chi connectivity index (χ1v) is 9.87. The van der Waals surface area contributed by atoms with E-state index in [2.05, 4.69) is 78.4 Å². The Morgan fingerprint density at radius 3 is 2.39 bits per heavy atom. The molecule has 0 saturated heterocycles. The van der Waals surface area contributed by atoms with Crippen LogP contribution >= 0.6 is 0 Å². The second kappa shape index (κ2) is 8.18. The molecule has 0 radical (unpaired) electrons. The summed E-state index contributed by atoms with van der Waals surface area (Å²) in [4.78, 5) is 0. The molecule has 0 saturated carbocycles. The fourth-order valence-electron chi connectivity index (χ4n) is 3.96. The highest BCUT2D eigenvalue weighted by Gasteiger charge is 2.20. The van der Waals surface area contributed by atoms with Crippen LogP contribution in [-0.4, -0.2) is 0 Å². The average Bonchev–Trinajstić information content (AvgIpc) is 2.75. The molecule has 0 aromatic heterocycles. The third-order valence-electron chi connectivity index (χ3n) is 5.44. The third kappa shape index (κ3) is 3.72. The van der Waals surface area contributed by atoms with Crippen molar-refractivity contribution in [3.8, 4) is 0 Å². The van der Waals surface area contributed by atoms with Crippen molar-refractivity contribution in [2.45, 2.75) is 19.3 Å². The van der Waals surface area contributed by atoms with Gasteiger partial charge in [-0.05, 0) is 72.7 Å². The van der Waals surface area contributed by atoms with E-state index in [-0.39, 0.29) is 0 Å². The largest absolute Gasteiger partial charge is 0.355 e. The van der Waals surface area contributed by atoms with E-state index in [1.54, 1.807) is 0 Å². The molecule has 2 aliphatic carbocycles. The SMILES string of the molecule is C=Cc1cccc(Nc2ccc(NC3=C4C=CCCC4CC=C3)cc2)c1C=C. The molecule has 1 atom stereocenters. The average molecular weight is 367 g/mol. The lowest BCUT2D eigenvalue weighted by Gasteiger charge is -2.26. The zero-order chi connectivity index (χ0) is 19.3. The monoisotopic (exact) mass is 366 g/mol. The molecule has 0 bridgehead atoms. The molecule has 2 heteroatoms. The minimum absolute atomic E-state index is 0.660. The van der Waals surface area contributed by atoms with Gasteiger partial charge >= 0.3 is 0 Å². The summed E-state index contributed by atoms with van der Waals surface area (Å²) in [5.41, 5.74) is 7.97. The fraction of sp³-hybridized carbons (Fsp3) is 0.154. The molecule has 28 heavy (non-hydrogen) atoms. The first-order chi connectivity index (χ1) is 13.8. The lowest BCUT2D eigenvalue weighted by atomic mass is 9.82. The fourth-order valence-corrected chi connectivity index (χ4v) is 3.96. The van der Waals surface area contributed by atoms with Crippen molar-refractivity contribution in [2.24, 2.45) is 5.92 Å². The van der Waals surface area contributed by atoms with E-state index in [9.17, 15) is 0 Å². The van der Waals surface area contributed by atoms with Gasteiger partial charge in [-0.1, -0.05) is 55.7 Å². The van der Waals surface area contributed by atoms with Gasteiger partial charge in [0.15, 0.2) is 0 Å². The van der Waals surface area contributed by atoms with Gasteiger partial charge in [-0.25, -0.2) is 0 Å². The summed E-state index contributed by atoms with van der Waals surface area (Å²) in [5, 5.41) is 7.09. The highest BCUT2D eigenvalue weighted by atomic mass is 14.9. The van der Waals surface area contributed by atoms with Gasteiger partial charge in [-0.15, -0.1) is 0 Å². The molecular formula is C26H26N2. The molecule has 2 N–H and O–H groups in total. The van der Waals surface area contributed by atoms with E-state index in [0.717, 1.165) is 34.6 Å². The molecule has 2 aromatic rings. The quantitative estimate of drug-likeness (QED) is 0.560. The first-order valence-electron chi connectivity index (χ1n) is 9.87. The molecule has 2 aliphatic rings. The number of hydrogen-bond donors (Lipinski definition) is 2. The Bertz CT molecular complexity index is 974. The zero-order valence-corrected chi connectivity index (χ0v) is 16.1. The summed E-state index contributed by atoms with van der Waals surface area (Å²) in [7, 11) is 0. The summed E-state index contributed by atoms with van der Waals surface area (Å²) in [6, 6.07) is 14.6. The molecule has 4 rings (SSSR count). The van der Waals surface area contributed by atoms with E-state index in [1.165, 1.54) is 24.1 Å². The predicted molar refractivity (Wildman–Crippen MR) is 123 cm³/mol. The van der Waals surface area contributed by atoms with Crippen LogP contribution in [0.4, 0.5) is 17.1 Å². The third-order valence-corrected chi connectivity index (χ3v) is 5.44. The highest BCUT2D eigenvalue weighted by Crippen LogP contribution is 2.34. The van der Waals surface area contributed by atoms with E-state index < -0.39 is 0 Å². The highest BCUT2D eigenvalue weighted by molar-refractivity contribution is 5.78. The molecule has 140 valence electrons. The molecule has 0 amide bonds. The van der Waals surface area contributed by atoms with Crippen LogP contribution in [0.5, 0.6) is 0 Å². The molecule has 0 fully saturated rings. The Labute approximate surface area is 167 Å². The second-order valence-corrected chi connectivity index (χ2v) is 7.23. The van der Waals surface area contributed by atoms with Crippen LogP contribution in [0.15, 0.2) is 91.2 Å². The van der Waals surface area contributed by atoms with Crippen LogP contribution in [-0.2, 0) is 0 Å². The molecule has 2 nitrogen and oxygen atoms in total. The molecule has 2 aromatic carbocycles. The topological polar surface area (TPSA) is 24.1 Å². The Kier molecular flexibility index (Phi) is 5.29. The number of anilines is 3. The van der Waals surface area contributed by atoms with Crippen molar-refractivity contribution in [2.75, 3.05) is 10.6 Å². The van der Waals surface area contributed by atoms with Crippen LogP contribution in [0.1, 0.15) is 30.4 Å². The zero-order valence-electron chi connectivity index (χ0n) is 16.1. The first kappa shape index (κ1) is 18.1. The number of fused-ring (bicyclic) bond motifs is 1. The smallest absolute Gasteiger partial charge is 0.0463 e. The van der Waals surface area contributed by atoms with Crippen molar-refractivity contribution in [1.29, 1.82) is 0 Å². The Morgan fingerprint density at radius 1 is 0.857 bits per heavy atom. The van der Waals surface area contributed by atoms with Gasteiger partial charge in [0.25, 0.3) is 0 Å². The van der Waals surface area contributed by atoms with Gasteiger partial charge < -0.3 is 10.6 Å². The van der Waals surface area contributed by atoms with Gasteiger partial charge in [0, 0.05) is 28.3 Å². The van der Waals surface area contributed by atoms with Crippen molar-refractivity contribution in [3.63, 3.8) is 0 Å². The molecule has 0 aliphatic heterocycles. The summed E-state index contributed by atoms with van der Waals surface area (Å²) in [6.45, 7) is 7.82. The summed E-state index contributed by atoms with van der Waals surface area (Å²) in [5.74, 6) is 0.660. The lowest BCUT2D eigenvalue weighted by Crippen LogP contribution is -2.14. The van der Waals surface area contributed by atoms with E-state index in [4.69, 9.17) is 0 Å². The second-order valence-electron chi connectivity index (χ2n) is 7.23.